The molecule has 0 bridgehead atoms. The fourth-order valence-corrected chi connectivity index (χ4v) is 5.15. The van der Waals surface area contributed by atoms with Gasteiger partial charge in [-0.25, -0.2) is 8.42 Å². The minimum atomic E-state index is -3.87. The quantitative estimate of drug-likeness (QED) is 0.646. The van der Waals surface area contributed by atoms with E-state index in [1.807, 2.05) is 25.1 Å². The van der Waals surface area contributed by atoms with Gasteiger partial charge >= 0.3 is 0 Å². The standard InChI is InChI=1S/C17H20BrClN2O3S/c1-20(2)9-10-21(14-7-5-4-6-8-14)25(22,23)16-12-13(19)11-15(18)17(16)24-3/h4-8,11-12H,9-10H2,1-3H3. The zero-order valence-corrected chi connectivity index (χ0v) is 17.4. The summed E-state index contributed by atoms with van der Waals surface area (Å²) in [6.45, 7) is 0.866. The Bertz CT molecular complexity index is 829. The number of ether oxygens (including phenoxy) is 1. The summed E-state index contributed by atoms with van der Waals surface area (Å²) < 4.78 is 33.9. The van der Waals surface area contributed by atoms with E-state index in [1.54, 1.807) is 30.3 Å². The van der Waals surface area contributed by atoms with Gasteiger partial charge in [-0.15, -0.1) is 0 Å². The lowest BCUT2D eigenvalue weighted by Crippen LogP contribution is -2.37. The maximum absolute atomic E-state index is 13.4. The Balaban J connectivity index is 2.59. The van der Waals surface area contributed by atoms with Crippen molar-refractivity contribution in [2.75, 3.05) is 38.6 Å². The third kappa shape index (κ3) is 4.67. The van der Waals surface area contributed by atoms with Crippen LogP contribution in [-0.2, 0) is 10.0 Å². The molecule has 0 aromatic heterocycles. The Kier molecular flexibility index (Phi) is 6.73. The average Bonchev–Trinajstić information content (AvgIpc) is 2.55. The molecule has 25 heavy (non-hydrogen) atoms. The van der Waals surface area contributed by atoms with E-state index < -0.39 is 10.0 Å². The van der Waals surface area contributed by atoms with Gasteiger partial charge < -0.3 is 9.64 Å². The maximum atomic E-state index is 13.4. The molecule has 0 N–H and O–H groups in total. The van der Waals surface area contributed by atoms with Crippen LogP contribution in [-0.4, -0.2) is 47.6 Å². The molecule has 0 unspecified atom stereocenters. The Morgan fingerprint density at radius 1 is 1.12 bits per heavy atom. The van der Waals surface area contributed by atoms with Gasteiger partial charge in [-0.3, -0.25) is 4.31 Å². The fraction of sp³-hybridized carbons (Fsp3) is 0.294. The molecule has 0 saturated carbocycles. The van der Waals surface area contributed by atoms with E-state index in [4.69, 9.17) is 16.3 Å². The number of hydrogen-bond donors (Lipinski definition) is 0. The highest BCUT2D eigenvalue weighted by molar-refractivity contribution is 9.10. The highest BCUT2D eigenvalue weighted by atomic mass is 79.9. The van der Waals surface area contributed by atoms with E-state index in [2.05, 4.69) is 15.9 Å². The summed E-state index contributed by atoms with van der Waals surface area (Å²) in [7, 11) is 1.35. The highest BCUT2D eigenvalue weighted by Gasteiger charge is 2.29. The molecule has 8 heteroatoms. The minimum Gasteiger partial charge on any atom is -0.494 e. The Morgan fingerprint density at radius 3 is 2.32 bits per heavy atom. The highest BCUT2D eigenvalue weighted by Crippen LogP contribution is 2.37. The third-order valence-corrected chi connectivity index (χ3v) is 6.18. The molecule has 5 nitrogen and oxygen atoms in total. The molecule has 0 spiro atoms. The smallest absolute Gasteiger partial charge is 0.268 e. The second-order valence-corrected chi connectivity index (χ2v) is 8.76. The molecule has 0 radical (unpaired) electrons. The van der Waals surface area contributed by atoms with Gasteiger partial charge in [0.2, 0.25) is 0 Å². The molecule has 0 heterocycles. The van der Waals surface area contributed by atoms with Crippen molar-refractivity contribution in [1.29, 1.82) is 0 Å². The number of likely N-dealkylation sites (N-methyl/N-ethyl adjacent to an activating group) is 1. The summed E-state index contributed by atoms with van der Waals surface area (Å²) in [5, 5.41) is 0.312. The first-order valence-corrected chi connectivity index (χ1v) is 10.1. The van der Waals surface area contributed by atoms with Gasteiger partial charge in [0.05, 0.1) is 17.3 Å². The summed E-state index contributed by atoms with van der Waals surface area (Å²) >= 11 is 9.40. The lowest BCUT2D eigenvalue weighted by molar-refractivity contribution is 0.399. The lowest BCUT2D eigenvalue weighted by atomic mass is 10.3. The van der Waals surface area contributed by atoms with Gasteiger partial charge in [0.15, 0.2) is 5.75 Å². The molecule has 2 aromatic rings. The maximum Gasteiger partial charge on any atom is 0.268 e. The van der Waals surface area contributed by atoms with Crippen LogP contribution in [0.3, 0.4) is 0 Å². The molecular weight excluding hydrogens is 428 g/mol. The zero-order chi connectivity index (χ0) is 18.6. The molecule has 0 atom stereocenters. The number of sulfonamides is 1. The van der Waals surface area contributed by atoms with Crippen molar-refractivity contribution in [3.05, 3.63) is 52.0 Å². The van der Waals surface area contributed by atoms with Crippen molar-refractivity contribution in [3.8, 4) is 5.75 Å². The average molecular weight is 448 g/mol. The lowest BCUT2D eigenvalue weighted by Gasteiger charge is -2.27. The summed E-state index contributed by atoms with van der Waals surface area (Å²) in [6.07, 6.45) is 0. The first-order chi connectivity index (χ1) is 11.8. The molecule has 0 aliphatic heterocycles. The number of methoxy groups -OCH3 is 1. The first kappa shape index (κ1) is 20.0. The largest absolute Gasteiger partial charge is 0.494 e. The number of benzene rings is 2. The van der Waals surface area contributed by atoms with E-state index in [-0.39, 0.29) is 10.6 Å². The van der Waals surface area contributed by atoms with Gasteiger partial charge in [-0.2, -0.15) is 0 Å². The van der Waals surface area contributed by atoms with Crippen LogP contribution in [0.2, 0.25) is 5.02 Å². The van der Waals surface area contributed by atoms with Gasteiger partial charge in [0.1, 0.15) is 4.90 Å². The summed E-state index contributed by atoms with van der Waals surface area (Å²) in [6, 6.07) is 12.0. The summed E-state index contributed by atoms with van der Waals surface area (Å²) in [4.78, 5) is 1.95. The van der Waals surface area contributed by atoms with E-state index in [1.165, 1.54) is 17.5 Å². The van der Waals surface area contributed by atoms with Crippen LogP contribution < -0.4 is 9.04 Å². The number of para-hydroxylation sites is 1. The molecule has 2 aromatic carbocycles. The fourth-order valence-electron chi connectivity index (χ4n) is 2.32. The van der Waals surface area contributed by atoms with Crippen LogP contribution in [0.5, 0.6) is 5.75 Å². The number of rotatable bonds is 7. The van der Waals surface area contributed by atoms with E-state index in [9.17, 15) is 8.42 Å². The Labute approximate surface area is 162 Å². The second kappa shape index (κ2) is 8.40. The molecule has 0 aliphatic carbocycles. The summed E-state index contributed by atoms with van der Waals surface area (Å²) in [5.41, 5.74) is 0.586. The number of hydrogen-bond acceptors (Lipinski definition) is 4. The first-order valence-electron chi connectivity index (χ1n) is 7.53. The molecular formula is C17H20BrClN2O3S. The van der Waals surface area contributed by atoms with E-state index in [0.717, 1.165) is 0 Å². The van der Waals surface area contributed by atoms with Crippen LogP contribution in [0.25, 0.3) is 0 Å². The molecule has 0 amide bonds. The van der Waals surface area contributed by atoms with Crippen LogP contribution >= 0.6 is 27.5 Å². The van der Waals surface area contributed by atoms with E-state index in [0.29, 0.717) is 28.3 Å². The Hall–Kier alpha value is -1.28. The van der Waals surface area contributed by atoms with Gasteiger partial charge in [0, 0.05) is 18.1 Å². The number of halogens is 2. The van der Waals surface area contributed by atoms with Crippen molar-refractivity contribution >= 4 is 43.2 Å². The molecule has 0 saturated heterocycles. The monoisotopic (exact) mass is 446 g/mol. The predicted molar refractivity (Wildman–Crippen MR) is 105 cm³/mol. The van der Waals surface area contributed by atoms with Gasteiger partial charge in [-0.05, 0) is 54.3 Å². The van der Waals surface area contributed by atoms with Crippen LogP contribution in [0.15, 0.2) is 51.8 Å². The molecule has 136 valence electrons. The number of nitrogens with zero attached hydrogens (tertiary/aromatic N) is 2. The van der Waals surface area contributed by atoms with Crippen molar-refractivity contribution < 1.29 is 13.2 Å². The normalized spacial score (nSPS) is 11.6. The summed E-state index contributed by atoms with van der Waals surface area (Å²) in [5.74, 6) is 0.232. The third-order valence-electron chi connectivity index (χ3n) is 3.54. The van der Waals surface area contributed by atoms with Crippen LogP contribution in [0, 0.1) is 0 Å². The molecule has 0 fully saturated rings. The van der Waals surface area contributed by atoms with E-state index >= 15 is 0 Å². The van der Waals surface area contributed by atoms with Crippen LogP contribution in [0.1, 0.15) is 0 Å². The molecule has 0 aliphatic rings. The van der Waals surface area contributed by atoms with Crippen LogP contribution in [0.4, 0.5) is 5.69 Å². The molecule has 2 rings (SSSR count). The minimum absolute atomic E-state index is 0.0250. The second-order valence-electron chi connectivity index (χ2n) is 5.63. The Morgan fingerprint density at radius 2 is 1.76 bits per heavy atom. The van der Waals surface area contributed by atoms with Crippen molar-refractivity contribution in [2.24, 2.45) is 0 Å². The SMILES string of the molecule is COc1c(Br)cc(Cl)cc1S(=O)(=O)N(CCN(C)C)c1ccccc1. The van der Waals surface area contributed by atoms with Crippen molar-refractivity contribution in [3.63, 3.8) is 0 Å². The topological polar surface area (TPSA) is 49.9 Å². The van der Waals surface area contributed by atoms with Crippen molar-refractivity contribution in [1.82, 2.24) is 4.90 Å². The predicted octanol–water partition coefficient (Wildman–Crippen LogP) is 3.87. The zero-order valence-electron chi connectivity index (χ0n) is 14.2. The number of anilines is 1. The van der Waals surface area contributed by atoms with Gasteiger partial charge in [-0.1, -0.05) is 29.8 Å². The van der Waals surface area contributed by atoms with Gasteiger partial charge in [0.25, 0.3) is 10.0 Å². The van der Waals surface area contributed by atoms with Crippen molar-refractivity contribution in [2.45, 2.75) is 4.90 Å².